The molecule has 0 bridgehead atoms. The van der Waals surface area contributed by atoms with Gasteiger partial charge >= 0.3 is 0 Å². The molecule has 3 rings (SSSR count). The first kappa shape index (κ1) is 23.0. The maximum Gasteiger partial charge on any atom is 0.237 e. The number of rotatable bonds is 11. The molecule has 1 aromatic carbocycles. The molecule has 1 aromatic heterocycles. The van der Waals surface area contributed by atoms with Crippen LogP contribution in [0.3, 0.4) is 0 Å². The Balaban J connectivity index is 1.83. The van der Waals surface area contributed by atoms with E-state index in [1.54, 1.807) is 7.11 Å². The van der Waals surface area contributed by atoms with Gasteiger partial charge in [0.05, 0.1) is 52.4 Å². The highest BCUT2D eigenvalue weighted by atomic mass is 16.5. The minimum atomic E-state index is 0.636. The molecule has 0 amide bonds. The lowest BCUT2D eigenvalue weighted by Crippen LogP contribution is -3.10. The second kappa shape index (κ2) is 11.7. The minimum Gasteiger partial charge on any atom is -0.381 e. The Kier molecular flexibility index (Phi) is 8.65. The summed E-state index contributed by atoms with van der Waals surface area (Å²) in [7, 11) is 6.03. The molecule has 1 unspecified atom stereocenters. The monoisotopic (exact) mass is 425 g/mol. The lowest BCUT2D eigenvalue weighted by molar-refractivity contribution is -0.929. The van der Waals surface area contributed by atoms with Crippen LogP contribution in [0.2, 0.25) is 0 Å². The summed E-state index contributed by atoms with van der Waals surface area (Å²) in [6, 6.07) is 13.1. The molecule has 0 saturated carbocycles. The molecule has 0 spiro atoms. The zero-order valence-electron chi connectivity index (χ0n) is 19.1. The third-order valence-electron chi connectivity index (χ3n) is 5.80. The minimum absolute atomic E-state index is 0.636. The van der Waals surface area contributed by atoms with Crippen LogP contribution in [-0.2, 0) is 24.2 Å². The first-order valence-corrected chi connectivity index (χ1v) is 11.3. The Labute approximate surface area is 186 Å². The standard InChI is InChI=1S/C24H34N6O/c1-29(2)13-7-11-26-23-21(16-25)20-10-14-30(17-19-8-5-4-6-9-19)18-22(20)24(28-23)27-12-15-31-3/h4-6,8-9H,7,10-15,17-18H2,1-3H3,(H2,26,27,28)/p+3. The number of fused-ring (bicyclic) bond motifs is 1. The highest BCUT2D eigenvalue weighted by molar-refractivity contribution is 5.60. The third-order valence-corrected chi connectivity index (χ3v) is 5.80. The van der Waals surface area contributed by atoms with Gasteiger partial charge in [0.2, 0.25) is 11.6 Å². The number of H-pyrrole nitrogens is 1. The fourth-order valence-corrected chi connectivity index (χ4v) is 4.20. The molecule has 1 atom stereocenters. The van der Waals surface area contributed by atoms with E-state index in [9.17, 15) is 5.26 Å². The van der Waals surface area contributed by atoms with Crippen LogP contribution in [0.1, 0.15) is 28.7 Å². The number of quaternary nitrogens is 2. The molecule has 2 heterocycles. The van der Waals surface area contributed by atoms with Gasteiger partial charge in [-0.05, 0) is 5.56 Å². The number of nitrogens with zero attached hydrogens (tertiary/aromatic N) is 1. The van der Waals surface area contributed by atoms with E-state index in [4.69, 9.17) is 4.74 Å². The number of methoxy groups -OCH3 is 1. The molecule has 0 saturated heterocycles. The molecule has 2 aromatic rings. The van der Waals surface area contributed by atoms with E-state index in [1.807, 2.05) is 0 Å². The number of pyridine rings is 1. The van der Waals surface area contributed by atoms with E-state index in [1.165, 1.54) is 26.5 Å². The largest absolute Gasteiger partial charge is 0.381 e. The number of nitrogens with one attached hydrogen (secondary N) is 5. The molecule has 7 heteroatoms. The zero-order chi connectivity index (χ0) is 22.1. The highest BCUT2D eigenvalue weighted by Crippen LogP contribution is 2.25. The summed E-state index contributed by atoms with van der Waals surface area (Å²) in [6.07, 6.45) is 1.96. The molecule has 0 aliphatic carbocycles. The normalized spacial score (nSPS) is 15.4. The molecule has 7 nitrogen and oxygen atoms in total. The van der Waals surface area contributed by atoms with Crippen molar-refractivity contribution in [2.75, 3.05) is 64.6 Å². The molecule has 5 N–H and O–H groups in total. The third kappa shape index (κ3) is 6.41. The molecular formula is C24H37N6O+3. The first-order chi connectivity index (χ1) is 15.1. The van der Waals surface area contributed by atoms with Gasteiger partial charge in [0.1, 0.15) is 24.7 Å². The molecule has 0 radical (unpaired) electrons. The first-order valence-electron chi connectivity index (χ1n) is 11.3. The number of hydrogen-bond acceptors (Lipinski definition) is 4. The number of aromatic nitrogens is 1. The summed E-state index contributed by atoms with van der Waals surface area (Å²) in [5.41, 5.74) is 4.52. The summed E-state index contributed by atoms with van der Waals surface area (Å²) >= 11 is 0. The molecular weight excluding hydrogens is 388 g/mol. The van der Waals surface area contributed by atoms with Crippen molar-refractivity contribution in [1.82, 2.24) is 0 Å². The van der Waals surface area contributed by atoms with Gasteiger partial charge in [-0.25, -0.2) is 4.98 Å². The summed E-state index contributed by atoms with van der Waals surface area (Å²) in [4.78, 5) is 6.45. The number of nitriles is 1. The molecule has 31 heavy (non-hydrogen) atoms. The maximum absolute atomic E-state index is 9.96. The predicted molar refractivity (Wildman–Crippen MR) is 122 cm³/mol. The summed E-state index contributed by atoms with van der Waals surface area (Å²) in [5, 5.41) is 17.0. The summed E-state index contributed by atoms with van der Waals surface area (Å²) < 4.78 is 5.23. The smallest absolute Gasteiger partial charge is 0.237 e. The van der Waals surface area contributed by atoms with Crippen LogP contribution < -0.4 is 25.4 Å². The van der Waals surface area contributed by atoms with E-state index < -0.39 is 0 Å². The average molecular weight is 426 g/mol. The fraction of sp³-hybridized carbons (Fsp3) is 0.500. The lowest BCUT2D eigenvalue weighted by Gasteiger charge is -2.27. The van der Waals surface area contributed by atoms with Gasteiger partial charge < -0.3 is 25.2 Å². The van der Waals surface area contributed by atoms with Gasteiger partial charge in [0.15, 0.2) is 0 Å². The number of anilines is 2. The van der Waals surface area contributed by atoms with E-state index in [0.717, 1.165) is 69.3 Å². The Hall–Kier alpha value is -2.66. The van der Waals surface area contributed by atoms with E-state index >= 15 is 0 Å². The number of hydrogen-bond donors (Lipinski definition) is 4. The van der Waals surface area contributed by atoms with Crippen molar-refractivity contribution in [2.45, 2.75) is 25.9 Å². The maximum atomic E-state index is 9.96. The molecule has 166 valence electrons. The quantitative estimate of drug-likeness (QED) is 0.367. The van der Waals surface area contributed by atoms with E-state index in [0.29, 0.717) is 6.61 Å². The average Bonchev–Trinajstić information content (AvgIpc) is 2.77. The topological polar surface area (TPSA) is 80.1 Å². The summed E-state index contributed by atoms with van der Waals surface area (Å²) in [5.74, 6) is 1.85. The van der Waals surface area contributed by atoms with Gasteiger partial charge in [0.25, 0.3) is 0 Å². The van der Waals surface area contributed by atoms with Crippen LogP contribution >= 0.6 is 0 Å². The zero-order valence-corrected chi connectivity index (χ0v) is 19.1. The molecule has 1 aliphatic rings. The van der Waals surface area contributed by atoms with Gasteiger partial charge in [-0.1, -0.05) is 30.3 Å². The SMILES string of the molecule is COCCNc1[nH+]c(NCCC[NH+](C)C)c(C#N)c2c1C[NH+](Cc1ccccc1)CC2. The van der Waals surface area contributed by atoms with E-state index in [-0.39, 0.29) is 0 Å². The van der Waals surface area contributed by atoms with Gasteiger partial charge in [-0.3, -0.25) is 0 Å². The van der Waals surface area contributed by atoms with Crippen molar-refractivity contribution in [1.29, 1.82) is 5.26 Å². The van der Waals surface area contributed by atoms with Crippen LogP contribution in [0.4, 0.5) is 11.6 Å². The highest BCUT2D eigenvalue weighted by Gasteiger charge is 2.30. The molecule has 1 aliphatic heterocycles. The van der Waals surface area contributed by atoms with Crippen molar-refractivity contribution in [3.05, 3.63) is 52.6 Å². The summed E-state index contributed by atoms with van der Waals surface area (Å²) in [6.45, 7) is 6.22. The number of benzene rings is 1. The van der Waals surface area contributed by atoms with Crippen molar-refractivity contribution < 1.29 is 19.5 Å². The van der Waals surface area contributed by atoms with Gasteiger partial charge in [-0.2, -0.15) is 5.26 Å². The number of aromatic amines is 1. The van der Waals surface area contributed by atoms with Crippen LogP contribution in [0.25, 0.3) is 0 Å². The second-order valence-corrected chi connectivity index (χ2v) is 8.57. The van der Waals surface area contributed by atoms with Crippen molar-refractivity contribution in [2.24, 2.45) is 0 Å². The Bertz CT molecular complexity index is 878. The Morgan fingerprint density at radius 2 is 1.90 bits per heavy atom. The lowest BCUT2D eigenvalue weighted by atomic mass is 9.95. The van der Waals surface area contributed by atoms with E-state index in [2.05, 4.69) is 66.1 Å². The van der Waals surface area contributed by atoms with Crippen LogP contribution in [0, 0.1) is 11.3 Å². The Morgan fingerprint density at radius 3 is 2.61 bits per heavy atom. The van der Waals surface area contributed by atoms with Crippen molar-refractivity contribution in [3.8, 4) is 6.07 Å². The van der Waals surface area contributed by atoms with Crippen molar-refractivity contribution >= 4 is 11.6 Å². The van der Waals surface area contributed by atoms with Crippen molar-refractivity contribution in [3.63, 3.8) is 0 Å². The van der Waals surface area contributed by atoms with Crippen LogP contribution in [-0.4, -0.2) is 54.0 Å². The van der Waals surface area contributed by atoms with Crippen LogP contribution in [0.5, 0.6) is 0 Å². The Morgan fingerprint density at radius 1 is 1.13 bits per heavy atom. The fourth-order valence-electron chi connectivity index (χ4n) is 4.20. The second-order valence-electron chi connectivity index (χ2n) is 8.57. The van der Waals surface area contributed by atoms with Gasteiger partial charge in [0, 0.05) is 25.5 Å². The molecule has 0 fully saturated rings. The van der Waals surface area contributed by atoms with Gasteiger partial charge in [-0.15, -0.1) is 0 Å². The number of ether oxygens (including phenoxy) is 1. The predicted octanol–water partition coefficient (Wildman–Crippen LogP) is -0.482. The van der Waals surface area contributed by atoms with Crippen LogP contribution in [0.15, 0.2) is 30.3 Å².